The molecule has 2 aromatic rings. The fourth-order valence-corrected chi connectivity index (χ4v) is 3.83. The van der Waals surface area contributed by atoms with Crippen molar-refractivity contribution in [1.82, 2.24) is 0 Å². The van der Waals surface area contributed by atoms with Crippen LogP contribution in [-0.4, -0.2) is 12.3 Å². The maximum Gasteiger partial charge on any atom is 0.149 e. The molecule has 112 valence electrons. The van der Waals surface area contributed by atoms with Gasteiger partial charge in [-0.2, -0.15) is 0 Å². The number of para-hydroxylation sites is 1. The molecule has 2 nitrogen and oxygen atoms in total. The van der Waals surface area contributed by atoms with Gasteiger partial charge in [0.1, 0.15) is 5.72 Å². The Morgan fingerprint density at radius 3 is 2.73 bits per heavy atom. The van der Waals surface area contributed by atoms with Gasteiger partial charge in [0.15, 0.2) is 0 Å². The number of rotatable bonds is 2. The number of nitrogens with one attached hydrogen (secondary N) is 1. The fraction of sp³-hybridized carbons (Fsp3) is 0.263. The van der Waals surface area contributed by atoms with Gasteiger partial charge in [-0.15, -0.1) is 0 Å². The van der Waals surface area contributed by atoms with Gasteiger partial charge < -0.3 is 10.1 Å². The van der Waals surface area contributed by atoms with Crippen LogP contribution in [-0.2, 0) is 10.2 Å². The van der Waals surface area contributed by atoms with Crippen molar-refractivity contribution in [3.05, 3.63) is 70.8 Å². The summed E-state index contributed by atoms with van der Waals surface area (Å²) >= 11 is 5.96. The zero-order valence-corrected chi connectivity index (χ0v) is 13.2. The lowest BCUT2D eigenvalue weighted by atomic mass is 9.73. The summed E-state index contributed by atoms with van der Waals surface area (Å²) in [4.78, 5) is 0. The third-order valence-electron chi connectivity index (χ3n) is 4.95. The van der Waals surface area contributed by atoms with Gasteiger partial charge in [-0.25, -0.2) is 0 Å². The smallest absolute Gasteiger partial charge is 0.149 e. The number of fused-ring (bicyclic) bond motifs is 3. The zero-order chi connectivity index (χ0) is 15.2. The molecule has 0 aromatic heterocycles. The maximum atomic E-state index is 6.07. The van der Waals surface area contributed by atoms with E-state index in [2.05, 4.69) is 48.7 Å². The summed E-state index contributed by atoms with van der Waals surface area (Å²) in [5.41, 5.74) is 3.14. The summed E-state index contributed by atoms with van der Waals surface area (Å²) in [5.74, 6) is 0. The molecule has 2 atom stereocenters. The minimum atomic E-state index is -0.375. The molecule has 1 fully saturated rings. The second-order valence-corrected chi connectivity index (χ2v) is 6.59. The minimum Gasteiger partial charge on any atom is -0.357 e. The molecular formula is C19H18ClNO. The molecule has 22 heavy (non-hydrogen) atoms. The Kier molecular flexibility index (Phi) is 3.07. The molecular weight excluding hydrogens is 294 g/mol. The molecule has 0 saturated carbocycles. The summed E-state index contributed by atoms with van der Waals surface area (Å²) < 4.78 is 6.07. The highest BCUT2D eigenvalue weighted by Gasteiger charge is 2.58. The highest BCUT2D eigenvalue weighted by molar-refractivity contribution is 6.30. The summed E-state index contributed by atoms with van der Waals surface area (Å²) in [6.45, 7) is 2.91. The van der Waals surface area contributed by atoms with Gasteiger partial charge in [0.25, 0.3) is 0 Å². The number of hydrogen-bond acceptors (Lipinski definition) is 2. The Labute approximate surface area is 135 Å². The normalized spacial score (nSPS) is 29.4. The maximum absolute atomic E-state index is 6.07. The third-order valence-corrected chi connectivity index (χ3v) is 5.20. The van der Waals surface area contributed by atoms with Crippen molar-refractivity contribution >= 4 is 23.4 Å². The number of ether oxygens (including phenoxy) is 1. The van der Waals surface area contributed by atoms with Gasteiger partial charge >= 0.3 is 0 Å². The van der Waals surface area contributed by atoms with E-state index in [0.29, 0.717) is 0 Å². The molecule has 1 N–H and O–H groups in total. The molecule has 4 rings (SSSR count). The van der Waals surface area contributed by atoms with Gasteiger partial charge in [0, 0.05) is 10.7 Å². The third kappa shape index (κ3) is 1.91. The van der Waals surface area contributed by atoms with Crippen LogP contribution in [0.2, 0.25) is 5.02 Å². The largest absolute Gasteiger partial charge is 0.357 e. The van der Waals surface area contributed by atoms with Crippen molar-refractivity contribution in [2.45, 2.75) is 24.5 Å². The van der Waals surface area contributed by atoms with Crippen molar-refractivity contribution < 1.29 is 4.74 Å². The van der Waals surface area contributed by atoms with E-state index >= 15 is 0 Å². The molecule has 0 bridgehead atoms. The standard InChI is InChI=1S/C19H18ClNO/c1-18-19(12-13-22-18,16-4-2-3-5-17(16)21-18)11-10-14-6-8-15(20)9-7-14/h2-11,21H,12-13H2,1H3/b11-10+/t18-,19-/m0/s1. The lowest BCUT2D eigenvalue weighted by molar-refractivity contribution is 0.0253. The topological polar surface area (TPSA) is 21.3 Å². The second-order valence-electron chi connectivity index (χ2n) is 6.16. The van der Waals surface area contributed by atoms with Crippen LogP contribution >= 0.6 is 11.6 Å². The van der Waals surface area contributed by atoms with Crippen molar-refractivity contribution in [3.63, 3.8) is 0 Å². The van der Waals surface area contributed by atoms with Crippen LogP contribution in [0.25, 0.3) is 6.08 Å². The van der Waals surface area contributed by atoms with E-state index in [0.717, 1.165) is 23.6 Å². The van der Waals surface area contributed by atoms with Crippen LogP contribution < -0.4 is 5.32 Å². The molecule has 0 unspecified atom stereocenters. The molecule has 2 aliphatic heterocycles. The fourth-order valence-electron chi connectivity index (χ4n) is 3.71. The molecule has 3 heteroatoms. The SMILES string of the molecule is C[C@@]12Nc3ccccc3[C@]1(/C=C/c1ccc(Cl)cc1)CCO2. The summed E-state index contributed by atoms with van der Waals surface area (Å²) in [6.07, 6.45) is 5.45. The van der Waals surface area contributed by atoms with E-state index in [1.165, 1.54) is 11.3 Å². The van der Waals surface area contributed by atoms with Crippen LogP contribution in [0.4, 0.5) is 5.69 Å². The average molecular weight is 312 g/mol. The van der Waals surface area contributed by atoms with Crippen LogP contribution in [0.1, 0.15) is 24.5 Å². The van der Waals surface area contributed by atoms with E-state index < -0.39 is 0 Å². The van der Waals surface area contributed by atoms with E-state index in [1.807, 2.05) is 24.3 Å². The van der Waals surface area contributed by atoms with Gasteiger partial charge in [-0.05, 0) is 42.7 Å². The molecule has 2 heterocycles. The van der Waals surface area contributed by atoms with Crippen molar-refractivity contribution in [3.8, 4) is 0 Å². The monoisotopic (exact) mass is 311 g/mol. The van der Waals surface area contributed by atoms with Crippen molar-refractivity contribution in [2.75, 3.05) is 11.9 Å². The molecule has 0 radical (unpaired) electrons. The first-order chi connectivity index (χ1) is 10.6. The van der Waals surface area contributed by atoms with E-state index in [4.69, 9.17) is 16.3 Å². The van der Waals surface area contributed by atoms with Gasteiger partial charge in [0.2, 0.25) is 0 Å². The highest BCUT2D eigenvalue weighted by atomic mass is 35.5. The summed E-state index contributed by atoms with van der Waals surface area (Å²) in [6, 6.07) is 16.4. The molecule has 0 amide bonds. The molecule has 0 aliphatic carbocycles. The average Bonchev–Trinajstić information content (AvgIpc) is 2.95. The lowest BCUT2D eigenvalue weighted by Crippen LogP contribution is -2.45. The van der Waals surface area contributed by atoms with E-state index in [1.54, 1.807) is 0 Å². The van der Waals surface area contributed by atoms with Crippen LogP contribution in [0, 0.1) is 0 Å². The van der Waals surface area contributed by atoms with Crippen molar-refractivity contribution in [2.24, 2.45) is 0 Å². The molecule has 2 aromatic carbocycles. The molecule has 1 saturated heterocycles. The van der Waals surface area contributed by atoms with Crippen LogP contribution in [0.5, 0.6) is 0 Å². The second kappa shape index (κ2) is 4.87. The van der Waals surface area contributed by atoms with Crippen molar-refractivity contribution in [1.29, 1.82) is 0 Å². The number of halogens is 1. The number of anilines is 1. The summed E-state index contributed by atoms with van der Waals surface area (Å²) in [5, 5.41) is 4.33. The first-order valence-electron chi connectivity index (χ1n) is 7.59. The zero-order valence-electron chi connectivity index (χ0n) is 12.5. The van der Waals surface area contributed by atoms with Gasteiger partial charge in [-0.3, -0.25) is 0 Å². The first-order valence-corrected chi connectivity index (χ1v) is 7.97. The van der Waals surface area contributed by atoms with Gasteiger partial charge in [-0.1, -0.05) is 54.1 Å². The predicted molar refractivity (Wildman–Crippen MR) is 91.2 cm³/mol. The van der Waals surface area contributed by atoms with Gasteiger partial charge in [0.05, 0.1) is 12.0 Å². The highest BCUT2D eigenvalue weighted by Crippen LogP contribution is 2.54. The number of hydrogen-bond donors (Lipinski definition) is 1. The first kappa shape index (κ1) is 13.9. The quantitative estimate of drug-likeness (QED) is 0.855. The summed E-state index contributed by atoms with van der Waals surface area (Å²) in [7, 11) is 0. The Balaban J connectivity index is 1.78. The Morgan fingerprint density at radius 2 is 1.91 bits per heavy atom. The predicted octanol–water partition coefficient (Wildman–Crippen LogP) is 4.85. The van der Waals surface area contributed by atoms with Crippen LogP contribution in [0.3, 0.4) is 0 Å². The molecule has 2 aliphatic rings. The Hall–Kier alpha value is -1.77. The van der Waals surface area contributed by atoms with E-state index in [9.17, 15) is 0 Å². The lowest BCUT2D eigenvalue weighted by Gasteiger charge is -2.34. The van der Waals surface area contributed by atoms with E-state index in [-0.39, 0.29) is 11.1 Å². The Morgan fingerprint density at radius 1 is 1.14 bits per heavy atom. The Bertz CT molecular complexity index is 739. The number of benzene rings is 2. The van der Waals surface area contributed by atoms with Crippen LogP contribution in [0.15, 0.2) is 54.6 Å². The molecule has 0 spiro atoms. The minimum absolute atomic E-state index is 0.122.